The van der Waals surface area contributed by atoms with Gasteiger partial charge in [-0.25, -0.2) is 9.18 Å². The Morgan fingerprint density at radius 2 is 2.07 bits per heavy atom. The third-order valence-corrected chi connectivity index (χ3v) is 2.32. The molecule has 0 radical (unpaired) electrons. The van der Waals surface area contributed by atoms with Gasteiger partial charge in [-0.05, 0) is 11.4 Å². The van der Waals surface area contributed by atoms with Crippen molar-refractivity contribution in [2.75, 3.05) is 0 Å². The minimum atomic E-state index is -2.61. The van der Waals surface area contributed by atoms with Gasteiger partial charge < -0.3 is 5.11 Å². The summed E-state index contributed by atoms with van der Waals surface area (Å²) in [4.78, 5) is 31.8. The number of carbonyl (C=O) groups excluding carboxylic acids is 2. The zero-order chi connectivity index (χ0) is 10.7. The Kier molecular flexibility index (Phi) is 3.08. The van der Waals surface area contributed by atoms with Crippen LogP contribution in [-0.4, -0.2) is 28.8 Å². The van der Waals surface area contributed by atoms with Crippen molar-refractivity contribution < 1.29 is 23.9 Å². The molecule has 4 nitrogen and oxygen atoms in total. The number of thiophene rings is 1. The average molecular weight is 216 g/mol. The number of hydrogen-bond acceptors (Lipinski definition) is 4. The summed E-state index contributed by atoms with van der Waals surface area (Å²) in [6.45, 7) is 0. The molecule has 0 aliphatic heterocycles. The van der Waals surface area contributed by atoms with Crippen molar-refractivity contribution in [1.82, 2.24) is 0 Å². The molecular formula is C8H5FO4S. The Morgan fingerprint density at radius 3 is 2.50 bits per heavy atom. The van der Waals surface area contributed by atoms with Gasteiger partial charge >= 0.3 is 5.97 Å². The predicted octanol–water partition coefficient (Wildman–Crippen LogP) is 0.923. The number of carboxylic acids is 1. The van der Waals surface area contributed by atoms with Crippen LogP contribution in [0.4, 0.5) is 4.39 Å². The molecule has 0 aliphatic carbocycles. The standard InChI is InChI=1S/C8H5FO4S/c9-5(7(11)8(12)13)6(10)4-2-1-3-14-4/h1-3,5H,(H,12,13). The molecule has 1 atom stereocenters. The number of rotatable bonds is 4. The van der Waals surface area contributed by atoms with Gasteiger partial charge in [-0.2, -0.15) is 0 Å². The first-order chi connectivity index (χ1) is 6.54. The minimum absolute atomic E-state index is 0.0344. The summed E-state index contributed by atoms with van der Waals surface area (Å²) in [6.07, 6.45) is -2.61. The highest BCUT2D eigenvalue weighted by Crippen LogP contribution is 2.13. The maximum absolute atomic E-state index is 12.9. The molecule has 1 aromatic rings. The largest absolute Gasteiger partial charge is 0.475 e. The van der Waals surface area contributed by atoms with E-state index in [1.54, 1.807) is 0 Å². The fourth-order valence-electron chi connectivity index (χ4n) is 0.771. The van der Waals surface area contributed by atoms with E-state index in [4.69, 9.17) is 5.11 Å². The van der Waals surface area contributed by atoms with E-state index in [1.165, 1.54) is 17.5 Å². The number of halogens is 1. The molecule has 1 N–H and O–H groups in total. The van der Waals surface area contributed by atoms with Crippen LogP contribution < -0.4 is 0 Å². The number of aliphatic carboxylic acids is 1. The van der Waals surface area contributed by atoms with Crippen LogP contribution in [0.3, 0.4) is 0 Å². The summed E-state index contributed by atoms with van der Waals surface area (Å²) >= 11 is 0.954. The number of ketones is 2. The van der Waals surface area contributed by atoms with Crippen LogP contribution in [0, 0.1) is 0 Å². The van der Waals surface area contributed by atoms with Crippen LogP contribution in [0.2, 0.25) is 0 Å². The van der Waals surface area contributed by atoms with E-state index in [0.717, 1.165) is 11.3 Å². The Morgan fingerprint density at radius 1 is 1.43 bits per heavy atom. The normalized spacial score (nSPS) is 12.1. The summed E-state index contributed by atoms with van der Waals surface area (Å²) in [5, 5.41) is 9.69. The topological polar surface area (TPSA) is 71.4 Å². The number of hydrogen-bond donors (Lipinski definition) is 1. The Hall–Kier alpha value is -1.56. The molecule has 1 rings (SSSR count). The molecule has 1 unspecified atom stereocenters. The van der Waals surface area contributed by atoms with Crippen LogP contribution >= 0.6 is 11.3 Å². The van der Waals surface area contributed by atoms with Gasteiger partial charge in [0.2, 0.25) is 12.0 Å². The van der Waals surface area contributed by atoms with Gasteiger partial charge in [-0.3, -0.25) is 9.59 Å². The van der Waals surface area contributed by atoms with Crippen molar-refractivity contribution in [3.05, 3.63) is 22.4 Å². The van der Waals surface area contributed by atoms with E-state index in [-0.39, 0.29) is 4.88 Å². The highest BCUT2D eigenvalue weighted by atomic mass is 32.1. The van der Waals surface area contributed by atoms with Crippen molar-refractivity contribution in [2.45, 2.75) is 6.17 Å². The Bertz CT molecular complexity index is 371. The second-order valence-corrected chi connectivity index (χ2v) is 3.32. The average Bonchev–Trinajstić information content (AvgIpc) is 2.67. The quantitative estimate of drug-likeness (QED) is 0.461. The molecule has 0 fully saturated rings. The lowest BCUT2D eigenvalue weighted by Gasteiger charge is -1.99. The van der Waals surface area contributed by atoms with E-state index in [0.29, 0.717) is 0 Å². The van der Waals surface area contributed by atoms with Crippen molar-refractivity contribution in [2.24, 2.45) is 0 Å². The summed E-state index contributed by atoms with van der Waals surface area (Å²) in [5.41, 5.74) is 0. The number of alkyl halides is 1. The molecule has 0 aromatic carbocycles. The van der Waals surface area contributed by atoms with Gasteiger partial charge in [0.05, 0.1) is 4.88 Å². The lowest BCUT2D eigenvalue weighted by atomic mass is 10.1. The SMILES string of the molecule is O=C(O)C(=O)C(F)C(=O)c1cccs1. The van der Waals surface area contributed by atoms with E-state index in [2.05, 4.69) is 0 Å². The van der Waals surface area contributed by atoms with Gasteiger partial charge in [0.1, 0.15) is 0 Å². The van der Waals surface area contributed by atoms with Crippen LogP contribution in [0.15, 0.2) is 17.5 Å². The van der Waals surface area contributed by atoms with E-state index < -0.39 is 23.7 Å². The molecule has 0 saturated carbocycles. The van der Waals surface area contributed by atoms with Crippen molar-refractivity contribution >= 4 is 28.9 Å². The van der Waals surface area contributed by atoms with Crippen molar-refractivity contribution in [1.29, 1.82) is 0 Å². The zero-order valence-corrected chi connectivity index (χ0v) is 7.58. The zero-order valence-electron chi connectivity index (χ0n) is 6.77. The minimum Gasteiger partial charge on any atom is -0.475 e. The molecule has 0 aliphatic rings. The summed E-state index contributed by atoms with van der Waals surface area (Å²) < 4.78 is 12.9. The molecule has 0 spiro atoms. The molecule has 1 aromatic heterocycles. The maximum Gasteiger partial charge on any atom is 0.375 e. The molecule has 0 saturated heterocycles. The van der Waals surface area contributed by atoms with E-state index >= 15 is 0 Å². The first-order valence-corrected chi connectivity index (χ1v) is 4.41. The van der Waals surface area contributed by atoms with Crippen LogP contribution in [0.5, 0.6) is 0 Å². The van der Waals surface area contributed by atoms with E-state index in [1.807, 2.05) is 0 Å². The highest BCUT2D eigenvalue weighted by molar-refractivity contribution is 7.12. The lowest BCUT2D eigenvalue weighted by molar-refractivity contribution is -0.150. The molecule has 1 heterocycles. The Labute approximate surface area is 82.0 Å². The van der Waals surface area contributed by atoms with Crippen LogP contribution in [0.25, 0.3) is 0 Å². The molecule has 14 heavy (non-hydrogen) atoms. The van der Waals surface area contributed by atoms with Gasteiger partial charge in [-0.1, -0.05) is 6.07 Å². The smallest absolute Gasteiger partial charge is 0.375 e. The van der Waals surface area contributed by atoms with Crippen molar-refractivity contribution in [3.8, 4) is 0 Å². The van der Waals surface area contributed by atoms with Crippen molar-refractivity contribution in [3.63, 3.8) is 0 Å². The van der Waals surface area contributed by atoms with Gasteiger partial charge in [0, 0.05) is 0 Å². The summed E-state index contributed by atoms with van der Waals surface area (Å²) in [6, 6.07) is 2.84. The molecule has 0 amide bonds. The second-order valence-electron chi connectivity index (χ2n) is 2.37. The number of Topliss-reactive ketones (excluding diaryl/α,β-unsaturated/α-hetero) is 2. The first kappa shape index (κ1) is 10.5. The van der Waals surface area contributed by atoms with Gasteiger partial charge in [0.15, 0.2) is 0 Å². The summed E-state index contributed by atoms with van der Waals surface area (Å²) in [5.74, 6) is -4.78. The third-order valence-electron chi connectivity index (χ3n) is 1.44. The molecule has 0 bridgehead atoms. The number of carbonyl (C=O) groups is 3. The van der Waals surface area contributed by atoms with Crippen LogP contribution in [-0.2, 0) is 9.59 Å². The van der Waals surface area contributed by atoms with Gasteiger partial charge in [-0.15, -0.1) is 11.3 Å². The maximum atomic E-state index is 12.9. The van der Waals surface area contributed by atoms with Crippen LogP contribution in [0.1, 0.15) is 9.67 Å². The molecule has 74 valence electrons. The monoisotopic (exact) mass is 216 g/mol. The lowest BCUT2D eigenvalue weighted by Crippen LogP contribution is -2.31. The third kappa shape index (κ3) is 2.02. The van der Waals surface area contributed by atoms with Gasteiger partial charge in [0.25, 0.3) is 5.78 Å². The number of carboxylic acid groups (broad SMARTS) is 1. The Balaban J connectivity index is 2.81. The highest BCUT2D eigenvalue weighted by Gasteiger charge is 2.32. The predicted molar refractivity (Wildman–Crippen MR) is 46.2 cm³/mol. The fourth-order valence-corrected chi connectivity index (χ4v) is 1.45. The molecular weight excluding hydrogens is 211 g/mol. The molecule has 6 heteroatoms. The fraction of sp³-hybridized carbons (Fsp3) is 0.125. The summed E-state index contributed by atoms with van der Waals surface area (Å²) in [7, 11) is 0. The first-order valence-electron chi connectivity index (χ1n) is 3.53. The second kappa shape index (κ2) is 4.10. The van der Waals surface area contributed by atoms with E-state index in [9.17, 15) is 18.8 Å².